The number of hydrogen-bond acceptors (Lipinski definition) is 3. The lowest BCUT2D eigenvalue weighted by Gasteiger charge is -2.25. The number of rotatable bonds is 2. The van der Waals surface area contributed by atoms with Crippen LogP contribution in [0.25, 0.3) is 0 Å². The Kier molecular flexibility index (Phi) is 3.69. The molecule has 1 aromatic rings. The van der Waals surface area contributed by atoms with Crippen LogP contribution in [-0.4, -0.2) is 16.8 Å². The average Bonchev–Trinajstić information content (AvgIpc) is 2.36. The van der Waals surface area contributed by atoms with Gasteiger partial charge in [-0.05, 0) is 50.3 Å². The van der Waals surface area contributed by atoms with E-state index in [4.69, 9.17) is 0 Å². The highest BCUT2D eigenvalue weighted by molar-refractivity contribution is 6.01. The van der Waals surface area contributed by atoms with Crippen molar-refractivity contribution in [3.05, 3.63) is 28.1 Å². The van der Waals surface area contributed by atoms with Crippen LogP contribution < -0.4 is 5.32 Å². The van der Waals surface area contributed by atoms with Gasteiger partial charge >= 0.3 is 0 Å². The fourth-order valence-electron chi connectivity index (χ4n) is 2.86. The summed E-state index contributed by atoms with van der Waals surface area (Å²) in [5.41, 5.74) is 5.30. The number of aryl methyl sites for hydroxylation is 2. The van der Waals surface area contributed by atoms with Gasteiger partial charge in [-0.15, -0.1) is 0 Å². The smallest absolute Gasteiger partial charge is 0.234 e. The summed E-state index contributed by atoms with van der Waals surface area (Å²) in [5, 5.41) is 2.42. The molecule has 102 valence electrons. The van der Waals surface area contributed by atoms with Gasteiger partial charge in [-0.2, -0.15) is 0 Å². The fraction of sp³-hybridized carbons (Fsp3) is 0.533. The SMILES string of the molecule is CCc1nc(C)c(C2CCC(=O)NC2=O)c(C)c1C. The maximum atomic E-state index is 12.0. The van der Waals surface area contributed by atoms with E-state index in [0.717, 1.165) is 34.5 Å². The van der Waals surface area contributed by atoms with Crippen LogP contribution >= 0.6 is 0 Å². The van der Waals surface area contributed by atoms with Crippen LogP contribution in [-0.2, 0) is 16.0 Å². The minimum atomic E-state index is -0.241. The van der Waals surface area contributed by atoms with E-state index in [9.17, 15) is 9.59 Å². The molecular weight excluding hydrogens is 240 g/mol. The number of hydrogen-bond donors (Lipinski definition) is 1. The molecule has 4 heteroatoms. The third-order valence-electron chi connectivity index (χ3n) is 4.01. The molecule has 1 aliphatic heterocycles. The first-order valence-corrected chi connectivity index (χ1v) is 6.76. The first kappa shape index (κ1) is 13.7. The van der Waals surface area contributed by atoms with Crippen molar-refractivity contribution < 1.29 is 9.59 Å². The Labute approximate surface area is 113 Å². The molecule has 0 saturated carbocycles. The molecule has 2 amide bonds. The average molecular weight is 260 g/mol. The van der Waals surface area contributed by atoms with Crippen molar-refractivity contribution in [2.75, 3.05) is 0 Å². The maximum Gasteiger partial charge on any atom is 0.234 e. The molecule has 1 fully saturated rings. The van der Waals surface area contributed by atoms with Crippen LogP contribution in [0.1, 0.15) is 53.8 Å². The Hall–Kier alpha value is -1.71. The zero-order chi connectivity index (χ0) is 14.2. The van der Waals surface area contributed by atoms with Crippen molar-refractivity contribution in [2.45, 2.75) is 52.9 Å². The number of carbonyl (C=O) groups excluding carboxylic acids is 2. The number of carbonyl (C=O) groups is 2. The number of aromatic nitrogens is 1. The molecule has 1 atom stereocenters. The van der Waals surface area contributed by atoms with E-state index < -0.39 is 0 Å². The fourth-order valence-corrected chi connectivity index (χ4v) is 2.86. The van der Waals surface area contributed by atoms with E-state index >= 15 is 0 Å². The minimum absolute atomic E-state index is 0.175. The standard InChI is InChI=1S/C15H20N2O2/c1-5-12-8(2)9(3)14(10(4)16-12)11-6-7-13(18)17-15(11)19/h11H,5-7H2,1-4H3,(H,17,18,19). The molecule has 0 aromatic carbocycles. The van der Waals surface area contributed by atoms with Crippen LogP contribution in [0.5, 0.6) is 0 Å². The summed E-state index contributed by atoms with van der Waals surface area (Å²) >= 11 is 0. The molecule has 19 heavy (non-hydrogen) atoms. The summed E-state index contributed by atoms with van der Waals surface area (Å²) in [6, 6.07) is 0. The van der Waals surface area contributed by atoms with Crippen LogP contribution in [0.3, 0.4) is 0 Å². The van der Waals surface area contributed by atoms with Gasteiger partial charge in [-0.1, -0.05) is 6.92 Å². The Bertz CT molecular complexity index is 550. The topological polar surface area (TPSA) is 59.1 Å². The number of nitrogens with zero attached hydrogens (tertiary/aromatic N) is 1. The predicted octanol–water partition coefficient (Wildman–Crippen LogP) is 2.09. The number of amides is 2. The first-order chi connectivity index (χ1) is 8.95. The highest BCUT2D eigenvalue weighted by Crippen LogP contribution is 2.31. The summed E-state index contributed by atoms with van der Waals surface area (Å²) in [6.45, 7) is 8.13. The molecule has 1 unspecified atom stereocenters. The largest absolute Gasteiger partial charge is 0.296 e. The van der Waals surface area contributed by atoms with Crippen LogP contribution in [0.15, 0.2) is 0 Å². The lowest BCUT2D eigenvalue weighted by atomic mass is 9.85. The van der Waals surface area contributed by atoms with E-state index in [0.29, 0.717) is 12.8 Å². The molecule has 1 saturated heterocycles. The summed E-state index contributed by atoms with van der Waals surface area (Å²) < 4.78 is 0. The Morgan fingerprint density at radius 3 is 2.47 bits per heavy atom. The monoisotopic (exact) mass is 260 g/mol. The number of nitrogens with one attached hydrogen (secondary N) is 1. The molecule has 2 rings (SSSR count). The molecule has 0 radical (unpaired) electrons. The lowest BCUT2D eigenvalue weighted by molar-refractivity contribution is -0.134. The van der Waals surface area contributed by atoms with Gasteiger partial charge in [0.25, 0.3) is 0 Å². The van der Waals surface area contributed by atoms with Crippen molar-refractivity contribution in [3.8, 4) is 0 Å². The van der Waals surface area contributed by atoms with E-state index in [2.05, 4.69) is 24.1 Å². The summed E-state index contributed by atoms with van der Waals surface area (Å²) in [4.78, 5) is 27.9. The van der Waals surface area contributed by atoms with Crippen LogP contribution in [0.2, 0.25) is 0 Å². The summed E-state index contributed by atoms with van der Waals surface area (Å²) in [5.74, 6) is -0.603. The second-order valence-electron chi connectivity index (χ2n) is 5.16. The molecule has 0 bridgehead atoms. The van der Waals surface area contributed by atoms with Crippen molar-refractivity contribution in [1.82, 2.24) is 10.3 Å². The molecule has 1 aliphatic rings. The van der Waals surface area contributed by atoms with E-state index in [1.807, 2.05) is 13.8 Å². The maximum absolute atomic E-state index is 12.0. The van der Waals surface area contributed by atoms with Gasteiger partial charge in [-0.25, -0.2) is 0 Å². The molecule has 1 N–H and O–H groups in total. The van der Waals surface area contributed by atoms with Crippen molar-refractivity contribution >= 4 is 11.8 Å². The van der Waals surface area contributed by atoms with Gasteiger partial charge in [0, 0.05) is 17.8 Å². The van der Waals surface area contributed by atoms with Crippen molar-refractivity contribution in [3.63, 3.8) is 0 Å². The Morgan fingerprint density at radius 1 is 1.21 bits per heavy atom. The molecule has 0 aliphatic carbocycles. The molecular formula is C15H20N2O2. The van der Waals surface area contributed by atoms with E-state index in [1.54, 1.807) is 0 Å². The van der Waals surface area contributed by atoms with Gasteiger partial charge in [0.2, 0.25) is 11.8 Å². The van der Waals surface area contributed by atoms with Gasteiger partial charge < -0.3 is 0 Å². The number of imide groups is 1. The molecule has 0 spiro atoms. The van der Waals surface area contributed by atoms with Gasteiger partial charge in [-0.3, -0.25) is 19.9 Å². The Balaban J connectivity index is 2.48. The zero-order valence-corrected chi connectivity index (χ0v) is 12.0. The number of pyridine rings is 1. The molecule has 1 aromatic heterocycles. The predicted molar refractivity (Wildman–Crippen MR) is 73.0 cm³/mol. The van der Waals surface area contributed by atoms with Gasteiger partial charge in [0.05, 0.1) is 5.92 Å². The number of piperidine rings is 1. The van der Waals surface area contributed by atoms with Gasteiger partial charge in [0.1, 0.15) is 0 Å². The molecule has 4 nitrogen and oxygen atoms in total. The molecule has 2 heterocycles. The quantitative estimate of drug-likeness (QED) is 0.828. The zero-order valence-electron chi connectivity index (χ0n) is 12.0. The third-order valence-corrected chi connectivity index (χ3v) is 4.01. The Morgan fingerprint density at radius 2 is 1.89 bits per heavy atom. The van der Waals surface area contributed by atoms with E-state index in [1.165, 1.54) is 0 Å². The normalized spacial score (nSPS) is 19.5. The third kappa shape index (κ3) is 2.39. The minimum Gasteiger partial charge on any atom is -0.296 e. The van der Waals surface area contributed by atoms with Crippen molar-refractivity contribution in [1.29, 1.82) is 0 Å². The summed E-state index contributed by atoms with van der Waals surface area (Å²) in [6.07, 6.45) is 1.88. The van der Waals surface area contributed by atoms with E-state index in [-0.39, 0.29) is 17.7 Å². The van der Waals surface area contributed by atoms with Crippen LogP contribution in [0, 0.1) is 20.8 Å². The second-order valence-corrected chi connectivity index (χ2v) is 5.16. The highest BCUT2D eigenvalue weighted by Gasteiger charge is 2.31. The first-order valence-electron chi connectivity index (χ1n) is 6.76. The lowest BCUT2D eigenvalue weighted by Crippen LogP contribution is -2.40. The second kappa shape index (κ2) is 5.11. The van der Waals surface area contributed by atoms with Gasteiger partial charge in [0.15, 0.2) is 0 Å². The van der Waals surface area contributed by atoms with Crippen LogP contribution in [0.4, 0.5) is 0 Å². The highest BCUT2D eigenvalue weighted by atomic mass is 16.2. The van der Waals surface area contributed by atoms with Crippen molar-refractivity contribution in [2.24, 2.45) is 0 Å². The summed E-state index contributed by atoms with van der Waals surface area (Å²) in [7, 11) is 0.